The number of amides is 1. The minimum Gasteiger partial charge on any atom is -0.345 e. The highest BCUT2D eigenvalue weighted by atomic mass is 79.9. The van der Waals surface area contributed by atoms with Gasteiger partial charge in [0.15, 0.2) is 0 Å². The van der Waals surface area contributed by atoms with Gasteiger partial charge in [-0.3, -0.25) is 4.79 Å². The summed E-state index contributed by atoms with van der Waals surface area (Å²) in [5, 5.41) is 2.62. The van der Waals surface area contributed by atoms with E-state index in [9.17, 15) is 13.2 Å². The van der Waals surface area contributed by atoms with Crippen molar-refractivity contribution in [2.45, 2.75) is 17.7 Å². The maximum atomic E-state index is 12.6. The molecule has 1 saturated heterocycles. The summed E-state index contributed by atoms with van der Waals surface area (Å²) in [5.41, 5.74) is 0. The van der Waals surface area contributed by atoms with Gasteiger partial charge in [-0.15, -0.1) is 6.42 Å². The molecule has 1 amide bonds. The number of benzene rings is 1. The van der Waals surface area contributed by atoms with Crippen molar-refractivity contribution in [1.29, 1.82) is 0 Å². The number of sulfonamides is 1. The molecule has 1 aliphatic rings. The summed E-state index contributed by atoms with van der Waals surface area (Å²) >= 11 is 3.28. The molecule has 118 valence electrons. The molecular weight excluding hydrogens is 368 g/mol. The van der Waals surface area contributed by atoms with E-state index in [1.165, 1.54) is 4.31 Å². The maximum absolute atomic E-state index is 12.6. The fraction of sp³-hybridized carbons (Fsp3) is 0.400. The number of rotatable bonds is 4. The highest BCUT2D eigenvalue weighted by Gasteiger charge is 2.33. The van der Waals surface area contributed by atoms with Crippen LogP contribution in [0.3, 0.4) is 0 Å². The van der Waals surface area contributed by atoms with Crippen molar-refractivity contribution in [1.82, 2.24) is 9.62 Å². The van der Waals surface area contributed by atoms with Gasteiger partial charge >= 0.3 is 0 Å². The van der Waals surface area contributed by atoms with E-state index in [1.54, 1.807) is 24.3 Å². The van der Waals surface area contributed by atoms with Crippen LogP contribution in [-0.4, -0.2) is 38.3 Å². The lowest BCUT2D eigenvalue weighted by Gasteiger charge is -2.31. The first-order valence-corrected chi connectivity index (χ1v) is 9.15. The average molecular weight is 385 g/mol. The number of hydrogen-bond donors (Lipinski definition) is 1. The van der Waals surface area contributed by atoms with Crippen LogP contribution in [0.2, 0.25) is 0 Å². The number of carbonyl (C=O) groups is 1. The molecule has 0 radical (unpaired) electrons. The molecule has 0 spiro atoms. The lowest BCUT2D eigenvalue weighted by atomic mass is 9.99. The van der Waals surface area contributed by atoms with E-state index in [0.29, 0.717) is 19.4 Å². The molecule has 2 rings (SSSR count). The average Bonchev–Trinajstić information content (AvgIpc) is 2.53. The van der Waals surface area contributed by atoms with Gasteiger partial charge in [0, 0.05) is 17.6 Å². The molecule has 1 aliphatic heterocycles. The van der Waals surface area contributed by atoms with Gasteiger partial charge in [0.05, 0.1) is 17.4 Å². The van der Waals surface area contributed by atoms with E-state index in [0.717, 1.165) is 4.47 Å². The summed E-state index contributed by atoms with van der Waals surface area (Å²) in [6, 6.07) is 6.49. The van der Waals surface area contributed by atoms with Crippen molar-refractivity contribution in [3.63, 3.8) is 0 Å². The number of hydrogen-bond acceptors (Lipinski definition) is 3. The number of halogens is 1. The topological polar surface area (TPSA) is 66.5 Å². The zero-order chi connectivity index (χ0) is 16.2. The summed E-state index contributed by atoms with van der Waals surface area (Å²) in [6.07, 6.45) is 6.44. The van der Waals surface area contributed by atoms with E-state index in [2.05, 4.69) is 27.2 Å². The van der Waals surface area contributed by atoms with Gasteiger partial charge in [-0.05, 0) is 37.1 Å². The predicted molar refractivity (Wildman–Crippen MR) is 87.5 cm³/mol. The number of terminal acetylenes is 1. The summed E-state index contributed by atoms with van der Waals surface area (Å²) < 4.78 is 27.4. The Labute approximate surface area is 139 Å². The molecule has 1 heterocycles. The van der Waals surface area contributed by atoms with Gasteiger partial charge in [-0.25, -0.2) is 8.42 Å². The summed E-state index contributed by atoms with van der Waals surface area (Å²) in [7, 11) is -3.57. The molecule has 5 nitrogen and oxygen atoms in total. The van der Waals surface area contributed by atoms with Crippen molar-refractivity contribution in [3.8, 4) is 12.3 Å². The molecule has 1 unspecified atom stereocenters. The predicted octanol–water partition coefficient (Wildman–Crippen LogP) is 1.60. The van der Waals surface area contributed by atoms with Crippen molar-refractivity contribution in [2.24, 2.45) is 5.92 Å². The van der Waals surface area contributed by atoms with Gasteiger partial charge in [0.1, 0.15) is 0 Å². The highest BCUT2D eigenvalue weighted by molar-refractivity contribution is 9.10. The zero-order valence-corrected chi connectivity index (χ0v) is 14.4. The number of nitrogens with zero attached hydrogens (tertiary/aromatic N) is 1. The third-order valence-electron chi connectivity index (χ3n) is 3.57. The quantitative estimate of drug-likeness (QED) is 0.801. The smallest absolute Gasteiger partial charge is 0.243 e. The van der Waals surface area contributed by atoms with Gasteiger partial charge < -0.3 is 5.32 Å². The summed E-state index contributed by atoms with van der Waals surface area (Å²) in [4.78, 5) is 12.2. The van der Waals surface area contributed by atoms with Crippen molar-refractivity contribution < 1.29 is 13.2 Å². The standard InChI is InChI=1S/C15H17BrN2O3S/c1-2-9-17-15(19)12-4-3-10-18(11-12)22(20,21)14-7-5-13(16)6-8-14/h1,5-8,12H,3-4,9-11H2,(H,17,19). The Bertz CT molecular complexity index is 680. The first kappa shape index (κ1) is 17.0. The monoisotopic (exact) mass is 384 g/mol. The third kappa shape index (κ3) is 3.88. The molecule has 0 bridgehead atoms. The number of piperidine rings is 1. The largest absolute Gasteiger partial charge is 0.345 e. The first-order valence-electron chi connectivity index (χ1n) is 6.92. The Balaban J connectivity index is 2.13. The van der Waals surface area contributed by atoms with Gasteiger partial charge in [0.2, 0.25) is 15.9 Å². The van der Waals surface area contributed by atoms with Crippen LogP contribution in [0, 0.1) is 18.3 Å². The molecule has 0 aromatic heterocycles. The minimum absolute atomic E-state index is 0.162. The lowest BCUT2D eigenvalue weighted by molar-refractivity contribution is -0.125. The molecule has 7 heteroatoms. The van der Waals surface area contributed by atoms with Crippen LogP contribution in [0.15, 0.2) is 33.6 Å². The Hall–Kier alpha value is -1.36. The minimum atomic E-state index is -3.57. The molecular formula is C15H17BrN2O3S. The first-order chi connectivity index (χ1) is 10.4. The second-order valence-corrected chi connectivity index (χ2v) is 7.93. The van der Waals surface area contributed by atoms with Crippen LogP contribution in [0.4, 0.5) is 0 Å². The van der Waals surface area contributed by atoms with Crippen LogP contribution < -0.4 is 5.32 Å². The second kappa shape index (κ2) is 7.27. The van der Waals surface area contributed by atoms with E-state index >= 15 is 0 Å². The highest BCUT2D eigenvalue weighted by Crippen LogP contribution is 2.24. The third-order valence-corrected chi connectivity index (χ3v) is 5.98. The van der Waals surface area contributed by atoms with Crippen molar-refractivity contribution in [2.75, 3.05) is 19.6 Å². The molecule has 1 aromatic rings. The molecule has 0 aliphatic carbocycles. The molecule has 1 atom stereocenters. The fourth-order valence-corrected chi connectivity index (χ4v) is 4.20. The normalized spacial score (nSPS) is 19.4. The maximum Gasteiger partial charge on any atom is 0.243 e. The number of nitrogens with one attached hydrogen (secondary N) is 1. The Kier molecular flexibility index (Phi) is 5.62. The van der Waals surface area contributed by atoms with E-state index < -0.39 is 10.0 Å². The SMILES string of the molecule is C#CCNC(=O)C1CCCN(S(=O)(=O)c2ccc(Br)cc2)C1. The van der Waals surface area contributed by atoms with E-state index in [1.807, 2.05) is 0 Å². The second-order valence-electron chi connectivity index (χ2n) is 5.08. The van der Waals surface area contributed by atoms with Crippen molar-refractivity contribution >= 4 is 31.9 Å². The van der Waals surface area contributed by atoms with E-state index in [4.69, 9.17) is 6.42 Å². The zero-order valence-electron chi connectivity index (χ0n) is 12.0. The van der Waals surface area contributed by atoms with Crippen LogP contribution in [-0.2, 0) is 14.8 Å². The lowest BCUT2D eigenvalue weighted by Crippen LogP contribution is -2.45. The van der Waals surface area contributed by atoms with Gasteiger partial charge in [-0.1, -0.05) is 21.9 Å². The molecule has 0 saturated carbocycles. The Morgan fingerprint density at radius 1 is 1.41 bits per heavy atom. The van der Waals surface area contributed by atoms with Gasteiger partial charge in [-0.2, -0.15) is 4.31 Å². The molecule has 1 fully saturated rings. The fourth-order valence-electron chi connectivity index (χ4n) is 2.41. The van der Waals surface area contributed by atoms with E-state index in [-0.39, 0.29) is 29.8 Å². The van der Waals surface area contributed by atoms with Crippen LogP contribution in [0.1, 0.15) is 12.8 Å². The number of carbonyl (C=O) groups excluding carboxylic acids is 1. The molecule has 1 N–H and O–H groups in total. The summed E-state index contributed by atoms with van der Waals surface area (Å²) in [6.45, 7) is 0.779. The Morgan fingerprint density at radius 2 is 2.09 bits per heavy atom. The van der Waals surface area contributed by atoms with Crippen LogP contribution in [0.25, 0.3) is 0 Å². The van der Waals surface area contributed by atoms with Crippen LogP contribution in [0.5, 0.6) is 0 Å². The molecule has 22 heavy (non-hydrogen) atoms. The van der Waals surface area contributed by atoms with Crippen LogP contribution >= 0.6 is 15.9 Å². The molecule has 1 aromatic carbocycles. The van der Waals surface area contributed by atoms with Crippen molar-refractivity contribution in [3.05, 3.63) is 28.7 Å². The summed E-state index contributed by atoms with van der Waals surface area (Å²) in [5.74, 6) is 1.80. The van der Waals surface area contributed by atoms with Gasteiger partial charge in [0.25, 0.3) is 0 Å². The Morgan fingerprint density at radius 3 is 2.73 bits per heavy atom.